The van der Waals surface area contributed by atoms with Gasteiger partial charge in [-0.15, -0.1) is 0 Å². The summed E-state index contributed by atoms with van der Waals surface area (Å²) in [6.07, 6.45) is 3.26. The number of nitrogens with zero attached hydrogens (tertiary/aromatic N) is 1. The number of carbonyl (C=O) groups excluding carboxylic acids is 1. The Labute approximate surface area is 223 Å². The molecule has 3 aliphatic carbocycles. The van der Waals surface area contributed by atoms with Crippen LogP contribution in [0.2, 0.25) is 0 Å². The van der Waals surface area contributed by atoms with E-state index in [1.807, 2.05) is 20.8 Å². The Kier molecular flexibility index (Phi) is 6.43. The number of ether oxygens (including phenoxy) is 1. The standard InChI is InChI=1S/C27H37N3O7S/c1-16-12-18-19-13-17(15-29-38(35,36)21-9-6-5-8-20(21)30(33)34)26(27(19,32)14-16)10-7-11-28-23(26)22(18)24(31)37-25(2,3)4/h5-6,8-9,16-19,28-29,32H,7,10-15H2,1-4H3/t16-,17-,18-,19-,26+,27-/m1/s1. The molecular weight excluding hydrogens is 510 g/mol. The first-order valence-corrected chi connectivity index (χ1v) is 14.9. The highest BCUT2D eigenvalue weighted by Gasteiger charge is 2.73. The molecule has 5 rings (SSSR count). The lowest BCUT2D eigenvalue weighted by Gasteiger charge is -2.59. The largest absolute Gasteiger partial charge is 0.457 e. The molecule has 0 amide bonds. The number of nitrogens with one attached hydrogen (secondary N) is 2. The van der Waals surface area contributed by atoms with Gasteiger partial charge in [-0.2, -0.15) is 0 Å². The smallest absolute Gasteiger partial charge is 0.336 e. The van der Waals surface area contributed by atoms with Crippen molar-refractivity contribution in [1.82, 2.24) is 10.0 Å². The van der Waals surface area contributed by atoms with Crippen LogP contribution in [0.1, 0.15) is 59.8 Å². The Morgan fingerprint density at radius 1 is 1.29 bits per heavy atom. The zero-order valence-corrected chi connectivity index (χ0v) is 23.1. The molecule has 10 nitrogen and oxygen atoms in total. The van der Waals surface area contributed by atoms with Crippen LogP contribution in [0.25, 0.3) is 0 Å². The number of hydrogen-bond donors (Lipinski definition) is 3. The van der Waals surface area contributed by atoms with Crippen molar-refractivity contribution < 1.29 is 28.0 Å². The summed E-state index contributed by atoms with van der Waals surface area (Å²) in [5.74, 6) is -0.889. The first kappa shape index (κ1) is 27.1. The van der Waals surface area contributed by atoms with Crippen LogP contribution in [0.4, 0.5) is 5.69 Å². The number of rotatable bonds is 6. The number of aliphatic hydroxyl groups is 1. The number of nitro groups is 1. The Morgan fingerprint density at radius 3 is 2.68 bits per heavy atom. The van der Waals surface area contributed by atoms with Crippen LogP contribution < -0.4 is 10.0 Å². The number of benzene rings is 1. The quantitative estimate of drug-likeness (QED) is 0.279. The summed E-state index contributed by atoms with van der Waals surface area (Å²) in [6.45, 7) is 8.24. The molecule has 2 saturated carbocycles. The van der Waals surface area contributed by atoms with Gasteiger partial charge in [-0.25, -0.2) is 17.9 Å². The molecule has 208 valence electrons. The molecule has 0 radical (unpaired) electrons. The first-order chi connectivity index (χ1) is 17.7. The van der Waals surface area contributed by atoms with E-state index in [9.17, 15) is 28.4 Å². The fourth-order valence-electron chi connectivity index (χ4n) is 7.94. The Bertz CT molecular complexity index is 1300. The number of nitro benzene ring substituents is 1. The lowest BCUT2D eigenvalue weighted by atomic mass is 9.50. The lowest BCUT2D eigenvalue weighted by Crippen LogP contribution is -2.64. The van der Waals surface area contributed by atoms with Gasteiger partial charge in [0.05, 0.1) is 16.1 Å². The molecule has 1 saturated heterocycles. The predicted octanol–water partition coefficient (Wildman–Crippen LogP) is 3.27. The summed E-state index contributed by atoms with van der Waals surface area (Å²) in [5.41, 5.74) is -1.78. The highest BCUT2D eigenvalue weighted by atomic mass is 32.2. The van der Waals surface area contributed by atoms with E-state index in [4.69, 9.17) is 4.74 Å². The fourth-order valence-corrected chi connectivity index (χ4v) is 9.19. The molecule has 4 bridgehead atoms. The van der Waals surface area contributed by atoms with Crippen molar-refractivity contribution in [3.63, 3.8) is 0 Å². The summed E-state index contributed by atoms with van der Waals surface area (Å²) in [5, 5.41) is 27.4. The van der Waals surface area contributed by atoms with E-state index in [1.165, 1.54) is 24.3 Å². The highest BCUT2D eigenvalue weighted by molar-refractivity contribution is 7.89. The first-order valence-electron chi connectivity index (χ1n) is 13.4. The van der Waals surface area contributed by atoms with E-state index >= 15 is 0 Å². The highest BCUT2D eigenvalue weighted by Crippen LogP contribution is 2.71. The Balaban J connectivity index is 1.56. The third-order valence-electron chi connectivity index (χ3n) is 9.05. The van der Waals surface area contributed by atoms with Crippen molar-refractivity contribution in [3.05, 3.63) is 45.6 Å². The van der Waals surface area contributed by atoms with Gasteiger partial charge < -0.3 is 15.2 Å². The Hall–Kier alpha value is -2.50. The van der Waals surface area contributed by atoms with Gasteiger partial charge in [0.25, 0.3) is 5.69 Å². The summed E-state index contributed by atoms with van der Waals surface area (Å²) in [4.78, 5) is 24.0. The van der Waals surface area contributed by atoms with Crippen molar-refractivity contribution in [2.45, 2.75) is 75.9 Å². The molecular formula is C27H37N3O7S. The Morgan fingerprint density at radius 2 is 2.00 bits per heavy atom. The normalized spacial score (nSPS) is 34.3. The molecule has 6 atom stereocenters. The predicted molar refractivity (Wildman–Crippen MR) is 139 cm³/mol. The van der Waals surface area contributed by atoms with Gasteiger partial charge in [-0.3, -0.25) is 10.1 Å². The van der Waals surface area contributed by atoms with Gasteiger partial charge >= 0.3 is 5.97 Å². The number of para-hydroxylation sites is 1. The van der Waals surface area contributed by atoms with Crippen LogP contribution in [-0.2, 0) is 19.6 Å². The van der Waals surface area contributed by atoms with Crippen LogP contribution >= 0.6 is 0 Å². The molecule has 0 aromatic heterocycles. The van der Waals surface area contributed by atoms with Gasteiger partial charge in [0.2, 0.25) is 10.0 Å². The maximum Gasteiger partial charge on any atom is 0.336 e. The van der Waals surface area contributed by atoms with E-state index in [0.29, 0.717) is 37.1 Å². The fraction of sp³-hybridized carbons (Fsp3) is 0.667. The summed E-state index contributed by atoms with van der Waals surface area (Å²) >= 11 is 0. The van der Waals surface area contributed by atoms with Crippen molar-refractivity contribution in [2.24, 2.45) is 29.1 Å². The van der Waals surface area contributed by atoms with E-state index in [0.717, 1.165) is 12.8 Å². The van der Waals surface area contributed by atoms with Gasteiger partial charge in [-0.1, -0.05) is 19.1 Å². The van der Waals surface area contributed by atoms with Gasteiger partial charge in [0.15, 0.2) is 4.90 Å². The average molecular weight is 548 g/mol. The van der Waals surface area contributed by atoms with Crippen LogP contribution in [-0.4, -0.2) is 48.7 Å². The maximum atomic E-state index is 13.6. The molecule has 4 aliphatic rings. The molecule has 1 heterocycles. The van der Waals surface area contributed by atoms with Crippen molar-refractivity contribution in [1.29, 1.82) is 0 Å². The summed E-state index contributed by atoms with van der Waals surface area (Å²) in [6, 6.07) is 5.27. The molecule has 3 N–H and O–H groups in total. The van der Waals surface area contributed by atoms with Crippen LogP contribution in [0, 0.1) is 39.2 Å². The number of hydrogen-bond acceptors (Lipinski definition) is 8. The molecule has 0 unspecified atom stereocenters. The minimum Gasteiger partial charge on any atom is -0.457 e. The van der Waals surface area contributed by atoms with Crippen LogP contribution in [0.3, 0.4) is 0 Å². The van der Waals surface area contributed by atoms with E-state index in [1.54, 1.807) is 0 Å². The second-order valence-corrected chi connectivity index (χ2v) is 14.2. The average Bonchev–Trinajstić information content (AvgIpc) is 2.96. The molecule has 38 heavy (non-hydrogen) atoms. The molecule has 1 aromatic rings. The minimum absolute atomic E-state index is 0.00106. The van der Waals surface area contributed by atoms with E-state index < -0.39 is 37.3 Å². The molecule has 1 spiro atoms. The second-order valence-electron chi connectivity index (χ2n) is 12.5. The molecule has 3 fully saturated rings. The van der Waals surface area contributed by atoms with Crippen LogP contribution in [0.15, 0.2) is 40.4 Å². The van der Waals surface area contributed by atoms with Gasteiger partial charge in [-0.05, 0) is 82.6 Å². The zero-order chi connectivity index (χ0) is 27.7. The topological polar surface area (TPSA) is 148 Å². The third-order valence-corrected chi connectivity index (χ3v) is 10.5. The maximum absolute atomic E-state index is 13.6. The van der Waals surface area contributed by atoms with Gasteiger partial charge in [0, 0.05) is 30.3 Å². The lowest BCUT2D eigenvalue weighted by molar-refractivity contribution is -0.387. The van der Waals surface area contributed by atoms with E-state index in [2.05, 4.69) is 17.0 Å². The summed E-state index contributed by atoms with van der Waals surface area (Å²) in [7, 11) is -4.20. The van der Waals surface area contributed by atoms with E-state index in [-0.39, 0.29) is 41.1 Å². The zero-order valence-electron chi connectivity index (χ0n) is 22.3. The summed E-state index contributed by atoms with van der Waals surface area (Å²) < 4.78 is 35.0. The van der Waals surface area contributed by atoms with Crippen molar-refractivity contribution >= 4 is 21.7 Å². The van der Waals surface area contributed by atoms with Crippen LogP contribution in [0.5, 0.6) is 0 Å². The van der Waals surface area contributed by atoms with Gasteiger partial charge in [0.1, 0.15) is 5.60 Å². The number of piperidine rings is 1. The third kappa shape index (κ3) is 4.05. The minimum atomic E-state index is -4.20. The monoisotopic (exact) mass is 547 g/mol. The molecule has 11 heteroatoms. The SMILES string of the molecule is C[C@@H]1C[C@H]2C(C(=O)OC(C)(C)C)=C3NCCC[C@]34[C@@H](CNS(=O)(=O)c3ccccc3[N+](=O)[O-])C[C@H]2[C@]4(O)C1. The molecule has 1 aliphatic heterocycles. The second kappa shape index (κ2) is 9.02. The molecule has 1 aromatic carbocycles. The number of carbonyl (C=O) groups is 1. The number of sulfonamides is 1. The van der Waals surface area contributed by atoms with Crippen molar-refractivity contribution in [3.8, 4) is 0 Å². The number of esters is 1. The van der Waals surface area contributed by atoms with Crippen molar-refractivity contribution in [2.75, 3.05) is 13.1 Å².